The number of piperidine rings is 1. The van der Waals surface area contributed by atoms with Crippen molar-refractivity contribution in [1.29, 1.82) is 0 Å². The molecule has 1 aromatic heterocycles. The van der Waals surface area contributed by atoms with Gasteiger partial charge in [-0.05, 0) is 38.5 Å². The molecule has 1 aromatic rings. The van der Waals surface area contributed by atoms with Crippen LogP contribution in [0.1, 0.15) is 61.6 Å². The summed E-state index contributed by atoms with van der Waals surface area (Å²) in [5, 5.41) is 0. The summed E-state index contributed by atoms with van der Waals surface area (Å²) >= 11 is 0. The van der Waals surface area contributed by atoms with E-state index in [0.29, 0.717) is 36.6 Å². The molecule has 0 aromatic carbocycles. The quantitative estimate of drug-likeness (QED) is 0.822. The smallest absolute Gasteiger partial charge is 0.254 e. The predicted molar refractivity (Wildman–Crippen MR) is 99.5 cm³/mol. The van der Waals surface area contributed by atoms with Crippen LogP contribution in [-0.4, -0.2) is 52.8 Å². The molecule has 27 heavy (non-hydrogen) atoms. The van der Waals surface area contributed by atoms with Crippen LogP contribution < -0.4 is 5.56 Å². The second kappa shape index (κ2) is 7.01. The molecule has 0 spiro atoms. The highest BCUT2D eigenvalue weighted by Gasteiger charge is 2.36. The maximum absolute atomic E-state index is 12.8. The Kier molecular flexibility index (Phi) is 4.84. The summed E-state index contributed by atoms with van der Waals surface area (Å²) in [6.07, 6.45) is 7.24. The summed E-state index contributed by atoms with van der Waals surface area (Å²) in [5.74, 6) is 0.779. The first-order chi connectivity index (χ1) is 12.8. The number of aromatic amines is 1. The zero-order valence-electron chi connectivity index (χ0n) is 15.6. The summed E-state index contributed by atoms with van der Waals surface area (Å²) in [6.45, 7) is 1.11. The number of fused-ring (bicyclic) bond motifs is 1. The van der Waals surface area contributed by atoms with E-state index in [1.54, 1.807) is 0 Å². The number of sulfonamides is 1. The van der Waals surface area contributed by atoms with Crippen molar-refractivity contribution >= 4 is 15.9 Å². The molecule has 1 saturated carbocycles. The molecule has 2 aliphatic heterocycles. The van der Waals surface area contributed by atoms with Gasteiger partial charge in [-0.15, -0.1) is 0 Å². The van der Waals surface area contributed by atoms with Crippen molar-refractivity contribution in [3.8, 4) is 0 Å². The van der Waals surface area contributed by atoms with Crippen LogP contribution in [0.5, 0.6) is 0 Å². The number of likely N-dealkylation sites (tertiary alicyclic amines) is 1. The predicted octanol–water partition coefficient (Wildman–Crippen LogP) is 0.941. The van der Waals surface area contributed by atoms with Crippen molar-refractivity contribution in [2.45, 2.75) is 57.5 Å². The van der Waals surface area contributed by atoms with Crippen LogP contribution in [-0.2, 0) is 27.8 Å². The van der Waals surface area contributed by atoms with Crippen molar-refractivity contribution in [2.75, 3.05) is 19.3 Å². The molecule has 0 radical (unpaired) electrons. The first-order valence-corrected chi connectivity index (χ1v) is 11.6. The lowest BCUT2D eigenvalue weighted by Gasteiger charge is -2.39. The third-order valence-corrected chi connectivity index (χ3v) is 7.33. The van der Waals surface area contributed by atoms with Crippen molar-refractivity contribution in [3.63, 3.8) is 0 Å². The third kappa shape index (κ3) is 3.54. The Bertz CT molecular complexity index is 906. The van der Waals surface area contributed by atoms with E-state index in [0.717, 1.165) is 38.5 Å². The van der Waals surface area contributed by atoms with E-state index in [1.807, 2.05) is 4.90 Å². The number of rotatable bonds is 3. The number of hydrogen-bond donors (Lipinski definition) is 1. The molecule has 1 N–H and O–H groups in total. The van der Waals surface area contributed by atoms with E-state index in [1.165, 1.54) is 10.6 Å². The topological polar surface area (TPSA) is 103 Å². The summed E-state index contributed by atoms with van der Waals surface area (Å²) < 4.78 is 25.1. The fourth-order valence-corrected chi connectivity index (χ4v) is 5.02. The van der Waals surface area contributed by atoms with Crippen LogP contribution in [0.3, 0.4) is 0 Å². The number of carbonyl (C=O) groups is 1. The van der Waals surface area contributed by atoms with Gasteiger partial charge in [-0.2, -0.15) is 4.31 Å². The summed E-state index contributed by atoms with van der Waals surface area (Å²) in [7, 11) is -3.33. The van der Waals surface area contributed by atoms with Gasteiger partial charge in [-0.3, -0.25) is 9.59 Å². The van der Waals surface area contributed by atoms with Crippen LogP contribution in [0, 0.1) is 5.92 Å². The first kappa shape index (κ1) is 18.6. The molecule has 3 aliphatic rings. The largest absolute Gasteiger partial charge is 0.332 e. The van der Waals surface area contributed by atoms with Crippen LogP contribution in [0.4, 0.5) is 0 Å². The lowest BCUT2D eigenvalue weighted by Crippen LogP contribution is -2.45. The molecular weight excluding hydrogens is 368 g/mol. The average molecular weight is 394 g/mol. The standard InChI is InChI=1S/C18H26N4O4S/c1-27(25,26)21-10-8-13-14(11-21)19-16(20-17(13)23)15-7-2-3-9-22(15)18(24)12-5-4-6-12/h12,15H,2-11H2,1H3,(H,19,20,23)/t15-/m1/s1. The second-order valence-corrected chi connectivity index (χ2v) is 9.88. The molecular formula is C18H26N4O4S. The Hall–Kier alpha value is -1.74. The molecule has 1 aliphatic carbocycles. The minimum Gasteiger partial charge on any atom is -0.332 e. The van der Waals surface area contributed by atoms with E-state index >= 15 is 0 Å². The zero-order chi connectivity index (χ0) is 19.2. The van der Waals surface area contributed by atoms with Crippen LogP contribution >= 0.6 is 0 Å². The number of amides is 1. The fourth-order valence-electron chi connectivity index (χ4n) is 4.25. The highest BCUT2D eigenvalue weighted by molar-refractivity contribution is 7.88. The van der Waals surface area contributed by atoms with Crippen molar-refractivity contribution in [3.05, 3.63) is 27.4 Å². The molecule has 1 amide bonds. The highest BCUT2D eigenvalue weighted by Crippen LogP contribution is 2.35. The Morgan fingerprint density at radius 1 is 1.15 bits per heavy atom. The number of nitrogens with zero attached hydrogens (tertiary/aromatic N) is 3. The van der Waals surface area contributed by atoms with Crippen molar-refractivity contribution in [2.24, 2.45) is 5.92 Å². The van der Waals surface area contributed by atoms with E-state index in [-0.39, 0.29) is 30.0 Å². The number of aromatic nitrogens is 2. The monoisotopic (exact) mass is 394 g/mol. The van der Waals surface area contributed by atoms with E-state index < -0.39 is 10.0 Å². The molecule has 8 nitrogen and oxygen atoms in total. The SMILES string of the molecule is CS(=O)(=O)N1CCc2c(nc([C@H]3CCCCN3C(=O)C3CCC3)[nH]c2=O)C1. The van der Waals surface area contributed by atoms with Gasteiger partial charge in [0, 0.05) is 24.6 Å². The first-order valence-electron chi connectivity index (χ1n) is 9.72. The molecule has 4 rings (SSSR count). The van der Waals surface area contributed by atoms with Crippen molar-refractivity contribution < 1.29 is 13.2 Å². The molecule has 148 valence electrons. The fraction of sp³-hybridized carbons (Fsp3) is 0.722. The van der Waals surface area contributed by atoms with Gasteiger partial charge >= 0.3 is 0 Å². The number of hydrogen-bond acceptors (Lipinski definition) is 5. The number of H-pyrrole nitrogens is 1. The van der Waals surface area contributed by atoms with Gasteiger partial charge in [0.2, 0.25) is 15.9 Å². The number of nitrogens with one attached hydrogen (secondary N) is 1. The second-order valence-electron chi connectivity index (χ2n) is 7.89. The summed E-state index contributed by atoms with van der Waals surface area (Å²) in [5.41, 5.74) is 0.878. The normalized spacial score (nSPS) is 24.3. The average Bonchev–Trinajstić information content (AvgIpc) is 2.59. The molecule has 2 fully saturated rings. The van der Waals surface area contributed by atoms with Gasteiger partial charge in [0.25, 0.3) is 5.56 Å². The Labute approximate surface area is 159 Å². The minimum absolute atomic E-state index is 0.107. The Morgan fingerprint density at radius 3 is 2.59 bits per heavy atom. The maximum Gasteiger partial charge on any atom is 0.254 e. The summed E-state index contributed by atoms with van der Waals surface area (Å²) in [4.78, 5) is 34.9. The van der Waals surface area contributed by atoms with Crippen LogP contribution in [0.15, 0.2) is 4.79 Å². The molecule has 1 atom stereocenters. The van der Waals surface area contributed by atoms with E-state index in [4.69, 9.17) is 0 Å². The van der Waals surface area contributed by atoms with Gasteiger partial charge in [0.15, 0.2) is 0 Å². The molecule has 0 unspecified atom stereocenters. The van der Waals surface area contributed by atoms with Crippen LogP contribution in [0.25, 0.3) is 0 Å². The molecule has 1 saturated heterocycles. The van der Waals surface area contributed by atoms with Gasteiger partial charge in [-0.25, -0.2) is 13.4 Å². The van der Waals surface area contributed by atoms with E-state index in [2.05, 4.69) is 9.97 Å². The van der Waals surface area contributed by atoms with E-state index in [9.17, 15) is 18.0 Å². The molecule has 9 heteroatoms. The maximum atomic E-state index is 12.8. The van der Waals surface area contributed by atoms with Crippen LogP contribution in [0.2, 0.25) is 0 Å². The lowest BCUT2D eigenvalue weighted by molar-refractivity contribution is -0.142. The molecule has 0 bridgehead atoms. The summed E-state index contributed by atoms with van der Waals surface area (Å²) in [6, 6.07) is -0.224. The minimum atomic E-state index is -3.33. The highest BCUT2D eigenvalue weighted by atomic mass is 32.2. The van der Waals surface area contributed by atoms with Gasteiger partial charge in [0.1, 0.15) is 5.82 Å². The van der Waals surface area contributed by atoms with Crippen molar-refractivity contribution in [1.82, 2.24) is 19.2 Å². The zero-order valence-corrected chi connectivity index (χ0v) is 16.4. The Morgan fingerprint density at radius 2 is 1.93 bits per heavy atom. The number of carbonyl (C=O) groups excluding carboxylic acids is 1. The lowest BCUT2D eigenvalue weighted by atomic mass is 9.83. The Balaban J connectivity index is 1.66. The third-order valence-electron chi connectivity index (χ3n) is 6.08. The van der Waals surface area contributed by atoms with Gasteiger partial charge in [-0.1, -0.05) is 6.42 Å². The van der Waals surface area contributed by atoms with Gasteiger partial charge < -0.3 is 9.88 Å². The van der Waals surface area contributed by atoms with Gasteiger partial charge in [0.05, 0.1) is 24.5 Å². The molecule has 3 heterocycles.